The second-order valence-corrected chi connectivity index (χ2v) is 7.43. The molecule has 1 aliphatic carbocycles. The van der Waals surface area contributed by atoms with Crippen molar-refractivity contribution in [1.82, 2.24) is 10.2 Å². The maximum absolute atomic E-state index is 13.5. The van der Waals surface area contributed by atoms with Gasteiger partial charge in [0.15, 0.2) is 17.3 Å². The third kappa shape index (κ3) is 5.57. The Morgan fingerprint density at radius 1 is 1.12 bits per heavy atom. The van der Waals surface area contributed by atoms with Crippen LogP contribution in [0.3, 0.4) is 0 Å². The summed E-state index contributed by atoms with van der Waals surface area (Å²) in [6.07, 6.45) is 0.656. The van der Waals surface area contributed by atoms with Crippen LogP contribution in [0.2, 0.25) is 0 Å². The van der Waals surface area contributed by atoms with Crippen LogP contribution in [0.1, 0.15) is 11.1 Å². The first-order valence-electron chi connectivity index (χ1n) is 10.8. The first-order chi connectivity index (χ1) is 16.7. The quantitative estimate of drug-likeness (QED) is 0.128. The molecule has 10 nitrogen and oxygen atoms in total. The predicted octanol–water partition coefficient (Wildman–Crippen LogP) is 4.59. The maximum Gasteiger partial charge on any atom is 0.161 e. The first-order valence-corrected chi connectivity index (χ1v) is 10.8. The average molecular weight is 468 g/mol. The standard InChI is InChI=1S/C23H25FN6O4/c1-31-20-14-18-15(12-21(20)34-10-9-33-8-7-32-6-5-26-30-25)11-19-22(18)28-29-23(19)27-17-4-2-3-16(24)13-17/h2-4,12-14H,5-11H2,1H3,(H2,27,28,29). The third-order valence-corrected chi connectivity index (χ3v) is 5.24. The number of methoxy groups -OCH3 is 1. The molecule has 0 spiro atoms. The molecule has 0 aliphatic heterocycles. The van der Waals surface area contributed by atoms with E-state index in [9.17, 15) is 4.39 Å². The van der Waals surface area contributed by atoms with Crippen molar-refractivity contribution in [2.75, 3.05) is 52.0 Å². The van der Waals surface area contributed by atoms with Crippen LogP contribution in [-0.4, -0.2) is 56.9 Å². The van der Waals surface area contributed by atoms with E-state index in [0.717, 1.165) is 22.4 Å². The van der Waals surface area contributed by atoms with E-state index in [4.69, 9.17) is 24.5 Å². The Labute approximate surface area is 195 Å². The third-order valence-electron chi connectivity index (χ3n) is 5.24. The van der Waals surface area contributed by atoms with Gasteiger partial charge in [-0.1, -0.05) is 11.2 Å². The fourth-order valence-electron chi connectivity index (χ4n) is 3.69. The summed E-state index contributed by atoms with van der Waals surface area (Å²) in [7, 11) is 1.60. The summed E-state index contributed by atoms with van der Waals surface area (Å²) >= 11 is 0. The minimum Gasteiger partial charge on any atom is -0.493 e. The molecule has 0 bridgehead atoms. The van der Waals surface area contributed by atoms with Gasteiger partial charge in [-0.05, 0) is 41.4 Å². The molecular formula is C23H25FN6O4. The largest absolute Gasteiger partial charge is 0.493 e. The van der Waals surface area contributed by atoms with E-state index in [0.29, 0.717) is 69.0 Å². The normalized spacial score (nSPS) is 11.5. The summed E-state index contributed by atoms with van der Waals surface area (Å²) in [5.41, 5.74) is 12.8. The highest BCUT2D eigenvalue weighted by atomic mass is 19.1. The summed E-state index contributed by atoms with van der Waals surface area (Å²) in [6, 6.07) is 10.2. The lowest BCUT2D eigenvalue weighted by Gasteiger charge is -2.13. The number of hydrogen-bond donors (Lipinski definition) is 2. The van der Waals surface area contributed by atoms with E-state index in [1.54, 1.807) is 19.2 Å². The van der Waals surface area contributed by atoms with Gasteiger partial charge in [-0.15, -0.1) is 0 Å². The van der Waals surface area contributed by atoms with Gasteiger partial charge in [0.1, 0.15) is 12.4 Å². The van der Waals surface area contributed by atoms with E-state index >= 15 is 0 Å². The van der Waals surface area contributed by atoms with Crippen molar-refractivity contribution in [2.45, 2.75) is 6.42 Å². The first kappa shape index (κ1) is 23.4. The molecule has 2 aromatic carbocycles. The van der Waals surface area contributed by atoms with Crippen molar-refractivity contribution in [3.8, 4) is 22.8 Å². The highest BCUT2D eigenvalue weighted by Crippen LogP contribution is 2.44. The summed E-state index contributed by atoms with van der Waals surface area (Å²) < 4.78 is 35.7. The fraction of sp³-hybridized carbons (Fsp3) is 0.348. The van der Waals surface area contributed by atoms with Crippen molar-refractivity contribution in [3.63, 3.8) is 0 Å². The Bertz CT molecular complexity index is 1180. The molecule has 2 N–H and O–H groups in total. The van der Waals surface area contributed by atoms with Crippen molar-refractivity contribution in [3.05, 3.63) is 63.8 Å². The predicted molar refractivity (Wildman–Crippen MR) is 124 cm³/mol. The molecule has 0 radical (unpaired) electrons. The van der Waals surface area contributed by atoms with E-state index < -0.39 is 0 Å². The monoisotopic (exact) mass is 468 g/mol. The SMILES string of the molecule is COc1cc2c(cc1OCCOCCOCCN=[N+]=[N-])Cc1c(Nc3cccc(F)c3)n[nH]c1-2. The minimum absolute atomic E-state index is 0.305. The number of hydrogen-bond acceptors (Lipinski definition) is 7. The topological polar surface area (TPSA) is 126 Å². The number of fused-ring (bicyclic) bond motifs is 3. The Balaban J connectivity index is 1.33. The van der Waals surface area contributed by atoms with Crippen LogP contribution < -0.4 is 14.8 Å². The van der Waals surface area contributed by atoms with Gasteiger partial charge in [-0.2, -0.15) is 5.10 Å². The molecule has 1 heterocycles. The molecule has 11 heteroatoms. The highest BCUT2D eigenvalue weighted by molar-refractivity contribution is 5.81. The molecular weight excluding hydrogens is 443 g/mol. The highest BCUT2D eigenvalue weighted by Gasteiger charge is 2.27. The molecule has 0 saturated heterocycles. The van der Waals surface area contributed by atoms with Gasteiger partial charge in [0, 0.05) is 34.7 Å². The number of H-pyrrole nitrogens is 1. The molecule has 0 saturated carbocycles. The van der Waals surface area contributed by atoms with Gasteiger partial charge in [0.2, 0.25) is 0 Å². The molecule has 34 heavy (non-hydrogen) atoms. The lowest BCUT2D eigenvalue weighted by Crippen LogP contribution is -2.12. The van der Waals surface area contributed by atoms with Gasteiger partial charge >= 0.3 is 0 Å². The van der Waals surface area contributed by atoms with Gasteiger partial charge in [-0.25, -0.2) is 4.39 Å². The van der Waals surface area contributed by atoms with Gasteiger partial charge < -0.3 is 24.3 Å². The van der Waals surface area contributed by atoms with Crippen molar-refractivity contribution in [1.29, 1.82) is 0 Å². The lowest BCUT2D eigenvalue weighted by molar-refractivity contribution is 0.0385. The van der Waals surface area contributed by atoms with Gasteiger partial charge in [-0.3, -0.25) is 5.10 Å². The number of azide groups is 1. The zero-order chi connectivity index (χ0) is 23.8. The van der Waals surface area contributed by atoms with E-state index in [1.807, 2.05) is 12.1 Å². The number of ether oxygens (including phenoxy) is 4. The zero-order valence-electron chi connectivity index (χ0n) is 18.7. The van der Waals surface area contributed by atoms with Crippen LogP contribution in [0.25, 0.3) is 21.7 Å². The van der Waals surface area contributed by atoms with Crippen molar-refractivity contribution >= 4 is 11.5 Å². The number of aromatic amines is 1. The Morgan fingerprint density at radius 3 is 2.74 bits per heavy atom. The summed E-state index contributed by atoms with van der Waals surface area (Å²) in [5.74, 6) is 1.59. The van der Waals surface area contributed by atoms with Crippen LogP contribution in [0.5, 0.6) is 11.5 Å². The van der Waals surface area contributed by atoms with Crippen LogP contribution in [0.15, 0.2) is 41.5 Å². The molecule has 0 amide bonds. The number of rotatable bonds is 13. The zero-order valence-corrected chi connectivity index (χ0v) is 18.7. The Morgan fingerprint density at radius 2 is 1.94 bits per heavy atom. The number of halogens is 1. The van der Waals surface area contributed by atoms with E-state index in [2.05, 4.69) is 25.5 Å². The van der Waals surface area contributed by atoms with Crippen LogP contribution in [0, 0.1) is 5.82 Å². The molecule has 3 aromatic rings. The maximum atomic E-state index is 13.5. The number of nitrogens with one attached hydrogen (secondary N) is 2. The van der Waals surface area contributed by atoms with E-state index in [-0.39, 0.29) is 5.82 Å². The molecule has 1 aliphatic rings. The van der Waals surface area contributed by atoms with Gasteiger partial charge in [0.05, 0.1) is 39.2 Å². The summed E-state index contributed by atoms with van der Waals surface area (Å²) in [6.45, 7) is 2.26. The lowest BCUT2D eigenvalue weighted by atomic mass is 10.1. The molecule has 178 valence electrons. The van der Waals surface area contributed by atoms with Crippen molar-refractivity contribution in [2.24, 2.45) is 5.11 Å². The molecule has 4 rings (SSSR count). The molecule has 1 aromatic heterocycles. The average Bonchev–Trinajstić information content (AvgIpc) is 3.39. The van der Waals surface area contributed by atoms with Gasteiger partial charge in [0.25, 0.3) is 0 Å². The minimum atomic E-state index is -0.311. The van der Waals surface area contributed by atoms with Crippen LogP contribution in [-0.2, 0) is 15.9 Å². The second-order valence-electron chi connectivity index (χ2n) is 7.43. The van der Waals surface area contributed by atoms with E-state index in [1.165, 1.54) is 12.1 Å². The summed E-state index contributed by atoms with van der Waals surface area (Å²) in [5, 5.41) is 14.0. The number of benzene rings is 2. The smallest absolute Gasteiger partial charge is 0.161 e. The number of anilines is 2. The summed E-state index contributed by atoms with van der Waals surface area (Å²) in [4.78, 5) is 2.66. The fourth-order valence-corrected chi connectivity index (χ4v) is 3.69. The number of nitrogens with zero attached hydrogens (tertiary/aromatic N) is 4. The Kier molecular flexibility index (Phi) is 7.82. The number of aromatic nitrogens is 2. The van der Waals surface area contributed by atoms with Crippen LogP contribution in [0.4, 0.5) is 15.9 Å². The molecule has 0 atom stereocenters. The molecule has 0 fully saturated rings. The van der Waals surface area contributed by atoms with Crippen molar-refractivity contribution < 1.29 is 23.3 Å². The Hall–Kier alpha value is -3.79. The second kappa shape index (κ2) is 11.4. The molecule has 0 unspecified atom stereocenters. The van der Waals surface area contributed by atoms with Crippen LogP contribution >= 0.6 is 0 Å².